The highest BCUT2D eigenvalue weighted by molar-refractivity contribution is 5.17. The first-order valence-electron chi connectivity index (χ1n) is 3.95. The number of hydrogen-bond acceptors (Lipinski definition) is 4. The van der Waals surface area contributed by atoms with E-state index in [0.717, 1.165) is 11.5 Å². The lowest BCUT2D eigenvalue weighted by Gasteiger charge is -2.09. The largest absolute Gasteiger partial charge is 0.467 e. The summed E-state index contributed by atoms with van der Waals surface area (Å²) in [5.74, 6) is 6.85. The van der Waals surface area contributed by atoms with E-state index in [9.17, 15) is 0 Å². The molecular weight excluding hydrogens is 168 g/mol. The van der Waals surface area contributed by atoms with Gasteiger partial charge in [-0.3, -0.25) is 5.84 Å². The fraction of sp³-hybridized carbons (Fsp3) is 0.111. The van der Waals surface area contributed by atoms with Gasteiger partial charge in [0, 0.05) is 0 Å². The standard InChI is InChI=1S/C9H10N2O2/c10-11-9(7-3-1-5-12-7)8-4-2-6-13-8/h1-6,9,11H,10H2. The van der Waals surface area contributed by atoms with Gasteiger partial charge in [-0.15, -0.1) is 0 Å². The lowest BCUT2D eigenvalue weighted by Crippen LogP contribution is -2.28. The molecule has 0 aliphatic rings. The zero-order valence-corrected chi connectivity index (χ0v) is 6.94. The minimum absolute atomic E-state index is 0.218. The Bertz CT molecular complexity index is 305. The molecule has 0 unspecified atom stereocenters. The van der Waals surface area contributed by atoms with Crippen LogP contribution in [0.15, 0.2) is 45.6 Å². The van der Waals surface area contributed by atoms with Crippen LogP contribution < -0.4 is 11.3 Å². The second-order valence-electron chi connectivity index (χ2n) is 2.63. The fourth-order valence-electron chi connectivity index (χ4n) is 1.22. The fourth-order valence-corrected chi connectivity index (χ4v) is 1.22. The first kappa shape index (κ1) is 8.10. The van der Waals surface area contributed by atoms with Crippen LogP contribution in [0.2, 0.25) is 0 Å². The molecule has 2 aromatic rings. The normalized spacial score (nSPS) is 10.9. The Morgan fingerprint density at radius 3 is 1.92 bits per heavy atom. The number of hydrazine groups is 1. The first-order valence-corrected chi connectivity index (χ1v) is 3.95. The second kappa shape index (κ2) is 3.47. The molecule has 0 saturated carbocycles. The van der Waals surface area contributed by atoms with Gasteiger partial charge < -0.3 is 8.83 Å². The summed E-state index contributed by atoms with van der Waals surface area (Å²) >= 11 is 0. The van der Waals surface area contributed by atoms with E-state index in [1.807, 2.05) is 24.3 Å². The molecule has 0 bridgehead atoms. The Morgan fingerprint density at radius 2 is 1.62 bits per heavy atom. The summed E-state index contributed by atoms with van der Waals surface area (Å²) in [6.45, 7) is 0. The molecule has 2 aromatic heterocycles. The monoisotopic (exact) mass is 178 g/mol. The molecule has 0 saturated heterocycles. The van der Waals surface area contributed by atoms with E-state index in [0.29, 0.717) is 0 Å². The van der Waals surface area contributed by atoms with E-state index in [1.54, 1.807) is 12.5 Å². The van der Waals surface area contributed by atoms with Gasteiger partial charge in [-0.2, -0.15) is 0 Å². The molecule has 0 aromatic carbocycles. The van der Waals surface area contributed by atoms with Gasteiger partial charge in [-0.1, -0.05) is 0 Å². The quantitative estimate of drug-likeness (QED) is 0.551. The Labute approximate surface area is 75.3 Å². The van der Waals surface area contributed by atoms with Crippen LogP contribution in [0, 0.1) is 0 Å². The van der Waals surface area contributed by atoms with E-state index in [2.05, 4.69) is 5.43 Å². The Kier molecular flexibility index (Phi) is 2.16. The molecule has 0 spiro atoms. The number of hydrogen-bond donors (Lipinski definition) is 2. The molecule has 68 valence electrons. The molecular formula is C9H10N2O2. The molecule has 13 heavy (non-hydrogen) atoms. The van der Waals surface area contributed by atoms with Crippen molar-refractivity contribution in [2.24, 2.45) is 5.84 Å². The first-order chi connectivity index (χ1) is 6.42. The lowest BCUT2D eigenvalue weighted by atomic mass is 10.2. The summed E-state index contributed by atoms with van der Waals surface area (Å²) in [6, 6.07) is 7.08. The van der Waals surface area contributed by atoms with Crippen LogP contribution in [0.4, 0.5) is 0 Å². The van der Waals surface area contributed by atoms with Crippen molar-refractivity contribution in [3.63, 3.8) is 0 Å². The molecule has 2 heterocycles. The van der Waals surface area contributed by atoms with Crippen LogP contribution in [0.5, 0.6) is 0 Å². The van der Waals surface area contributed by atoms with Crippen molar-refractivity contribution in [3.05, 3.63) is 48.3 Å². The SMILES string of the molecule is NNC(c1ccco1)c1ccco1. The third kappa shape index (κ3) is 1.49. The molecule has 0 radical (unpaired) electrons. The van der Waals surface area contributed by atoms with Crippen LogP contribution in [0.3, 0.4) is 0 Å². The summed E-state index contributed by atoms with van der Waals surface area (Å²) in [6.07, 6.45) is 3.20. The molecule has 0 atom stereocenters. The maximum Gasteiger partial charge on any atom is 0.137 e. The van der Waals surface area contributed by atoms with Gasteiger partial charge in [0.2, 0.25) is 0 Å². The zero-order chi connectivity index (χ0) is 9.10. The predicted molar refractivity (Wildman–Crippen MR) is 46.6 cm³/mol. The summed E-state index contributed by atoms with van der Waals surface area (Å²) in [5.41, 5.74) is 2.62. The number of nitrogens with two attached hydrogens (primary N) is 1. The summed E-state index contributed by atoms with van der Waals surface area (Å²) in [4.78, 5) is 0. The van der Waals surface area contributed by atoms with Crippen molar-refractivity contribution < 1.29 is 8.83 Å². The van der Waals surface area contributed by atoms with Crippen LogP contribution >= 0.6 is 0 Å². The molecule has 4 nitrogen and oxygen atoms in total. The summed E-state index contributed by atoms with van der Waals surface area (Å²) < 4.78 is 10.4. The maximum atomic E-state index is 5.39. The smallest absolute Gasteiger partial charge is 0.137 e. The summed E-state index contributed by atoms with van der Waals surface area (Å²) in [7, 11) is 0. The molecule has 0 amide bonds. The van der Waals surface area contributed by atoms with Gasteiger partial charge >= 0.3 is 0 Å². The van der Waals surface area contributed by atoms with Crippen molar-refractivity contribution in [2.75, 3.05) is 0 Å². The highest BCUT2D eigenvalue weighted by Crippen LogP contribution is 2.21. The molecule has 0 aliphatic heterocycles. The Morgan fingerprint density at radius 1 is 1.08 bits per heavy atom. The van der Waals surface area contributed by atoms with Crippen molar-refractivity contribution >= 4 is 0 Å². The van der Waals surface area contributed by atoms with Crippen molar-refractivity contribution in [1.29, 1.82) is 0 Å². The molecule has 3 N–H and O–H groups in total. The van der Waals surface area contributed by atoms with Crippen molar-refractivity contribution in [1.82, 2.24) is 5.43 Å². The molecule has 4 heteroatoms. The van der Waals surface area contributed by atoms with Crippen molar-refractivity contribution in [2.45, 2.75) is 6.04 Å². The van der Waals surface area contributed by atoms with Crippen LogP contribution in [0.1, 0.15) is 17.6 Å². The van der Waals surface area contributed by atoms with Gasteiger partial charge in [0.15, 0.2) is 0 Å². The van der Waals surface area contributed by atoms with Crippen LogP contribution in [-0.4, -0.2) is 0 Å². The molecule has 2 rings (SSSR count). The Hall–Kier alpha value is -1.52. The average molecular weight is 178 g/mol. The van der Waals surface area contributed by atoms with Gasteiger partial charge in [0.1, 0.15) is 17.6 Å². The minimum Gasteiger partial charge on any atom is -0.467 e. The highest BCUT2D eigenvalue weighted by Gasteiger charge is 2.16. The topological polar surface area (TPSA) is 64.3 Å². The maximum absolute atomic E-state index is 5.39. The van der Waals surface area contributed by atoms with Crippen molar-refractivity contribution in [3.8, 4) is 0 Å². The van der Waals surface area contributed by atoms with E-state index in [1.165, 1.54) is 0 Å². The number of nitrogens with one attached hydrogen (secondary N) is 1. The third-order valence-electron chi connectivity index (χ3n) is 1.82. The minimum atomic E-state index is -0.218. The van der Waals surface area contributed by atoms with Gasteiger partial charge in [-0.05, 0) is 24.3 Å². The highest BCUT2D eigenvalue weighted by atomic mass is 16.3. The van der Waals surface area contributed by atoms with E-state index in [4.69, 9.17) is 14.7 Å². The van der Waals surface area contributed by atoms with Crippen LogP contribution in [-0.2, 0) is 0 Å². The summed E-state index contributed by atoms with van der Waals surface area (Å²) in [5, 5.41) is 0. The van der Waals surface area contributed by atoms with Gasteiger partial charge in [0.25, 0.3) is 0 Å². The molecule has 0 fully saturated rings. The second-order valence-corrected chi connectivity index (χ2v) is 2.63. The predicted octanol–water partition coefficient (Wildman–Crippen LogP) is 1.43. The molecule has 0 aliphatic carbocycles. The van der Waals surface area contributed by atoms with E-state index >= 15 is 0 Å². The van der Waals surface area contributed by atoms with Gasteiger partial charge in [0.05, 0.1) is 12.5 Å². The van der Waals surface area contributed by atoms with E-state index in [-0.39, 0.29) is 6.04 Å². The van der Waals surface area contributed by atoms with Gasteiger partial charge in [-0.25, -0.2) is 5.43 Å². The van der Waals surface area contributed by atoms with Crippen LogP contribution in [0.25, 0.3) is 0 Å². The third-order valence-corrected chi connectivity index (χ3v) is 1.82. The Balaban J connectivity index is 2.29. The number of furan rings is 2. The van der Waals surface area contributed by atoms with E-state index < -0.39 is 0 Å². The zero-order valence-electron chi connectivity index (χ0n) is 6.94. The average Bonchev–Trinajstić information content (AvgIpc) is 2.76. The number of rotatable bonds is 3. The lowest BCUT2D eigenvalue weighted by molar-refractivity contribution is 0.393.